The van der Waals surface area contributed by atoms with E-state index in [-0.39, 0.29) is 17.3 Å². The second-order valence-corrected chi connectivity index (χ2v) is 5.62. The van der Waals surface area contributed by atoms with Crippen molar-refractivity contribution in [2.75, 3.05) is 24.2 Å². The monoisotopic (exact) mass is 342 g/mol. The smallest absolute Gasteiger partial charge is 0.293 e. The quantitative estimate of drug-likeness (QED) is 0.445. The van der Waals surface area contributed by atoms with E-state index in [0.29, 0.717) is 41.9 Å². The SMILES string of the molecule is CC(=O)c1ccc(N(C)CCCc2[nH]nc(N)c2C#N)c([N+](=O)[O-])c1. The topological polar surface area (TPSA) is 142 Å². The third-order valence-electron chi connectivity index (χ3n) is 3.89. The first-order chi connectivity index (χ1) is 11.8. The maximum Gasteiger partial charge on any atom is 0.293 e. The predicted molar refractivity (Wildman–Crippen MR) is 92.4 cm³/mol. The van der Waals surface area contributed by atoms with Gasteiger partial charge in [0.05, 0.1) is 10.6 Å². The van der Waals surface area contributed by atoms with Crippen LogP contribution in [-0.2, 0) is 6.42 Å². The lowest BCUT2D eigenvalue weighted by Crippen LogP contribution is -2.20. The van der Waals surface area contributed by atoms with Crippen LogP contribution in [0.25, 0.3) is 0 Å². The average Bonchev–Trinajstić information content (AvgIpc) is 2.93. The Morgan fingerprint density at radius 1 is 1.52 bits per heavy atom. The first-order valence-electron chi connectivity index (χ1n) is 7.58. The molecule has 1 heterocycles. The van der Waals surface area contributed by atoms with Gasteiger partial charge in [-0.1, -0.05) is 0 Å². The van der Waals surface area contributed by atoms with Gasteiger partial charge >= 0.3 is 0 Å². The molecule has 0 unspecified atom stereocenters. The largest absolute Gasteiger partial charge is 0.381 e. The number of nitro groups is 1. The van der Waals surface area contributed by atoms with Crippen LogP contribution >= 0.6 is 0 Å². The van der Waals surface area contributed by atoms with Crippen molar-refractivity contribution in [3.63, 3.8) is 0 Å². The van der Waals surface area contributed by atoms with E-state index < -0.39 is 4.92 Å². The molecule has 0 atom stereocenters. The number of hydrogen-bond donors (Lipinski definition) is 2. The molecule has 1 aromatic heterocycles. The summed E-state index contributed by atoms with van der Waals surface area (Å²) in [4.78, 5) is 23.9. The lowest BCUT2D eigenvalue weighted by Gasteiger charge is -2.19. The minimum atomic E-state index is -0.498. The number of nitrogens with two attached hydrogens (primary N) is 1. The van der Waals surface area contributed by atoms with Crippen molar-refractivity contribution in [3.05, 3.63) is 45.1 Å². The van der Waals surface area contributed by atoms with E-state index in [1.165, 1.54) is 13.0 Å². The van der Waals surface area contributed by atoms with Gasteiger partial charge in [-0.2, -0.15) is 10.4 Å². The highest BCUT2D eigenvalue weighted by Gasteiger charge is 2.19. The molecule has 9 nitrogen and oxygen atoms in total. The summed E-state index contributed by atoms with van der Waals surface area (Å²) in [6, 6.07) is 6.44. The predicted octanol–water partition coefficient (Wildman–Crippen LogP) is 2.04. The lowest BCUT2D eigenvalue weighted by atomic mass is 10.1. The van der Waals surface area contributed by atoms with Crippen molar-refractivity contribution in [1.82, 2.24) is 10.2 Å². The number of carbonyl (C=O) groups is 1. The van der Waals surface area contributed by atoms with Crippen molar-refractivity contribution < 1.29 is 9.72 Å². The standard InChI is InChI=1S/C16H18N6O3/c1-10(23)11-5-6-14(15(8-11)22(24)25)21(2)7-3-4-13-12(9-17)16(18)20-19-13/h5-6,8H,3-4,7H2,1-2H3,(H3,18,19,20). The van der Waals surface area contributed by atoms with Crippen LogP contribution < -0.4 is 10.6 Å². The summed E-state index contributed by atoms with van der Waals surface area (Å²) in [7, 11) is 1.74. The van der Waals surface area contributed by atoms with Gasteiger partial charge in [0.2, 0.25) is 0 Å². The second kappa shape index (κ2) is 7.44. The molecular weight excluding hydrogens is 324 g/mol. The van der Waals surface area contributed by atoms with Gasteiger partial charge in [-0.25, -0.2) is 0 Å². The van der Waals surface area contributed by atoms with Crippen LogP contribution in [0.5, 0.6) is 0 Å². The molecule has 0 spiro atoms. The molecule has 0 aliphatic carbocycles. The number of nitrogens with zero attached hydrogens (tertiary/aromatic N) is 4. The summed E-state index contributed by atoms with van der Waals surface area (Å²) in [6.07, 6.45) is 1.18. The maximum atomic E-state index is 11.4. The van der Waals surface area contributed by atoms with Crippen LogP contribution in [0.3, 0.4) is 0 Å². The molecule has 0 saturated heterocycles. The van der Waals surface area contributed by atoms with E-state index in [9.17, 15) is 14.9 Å². The van der Waals surface area contributed by atoms with Gasteiger partial charge in [0, 0.05) is 25.2 Å². The number of nitrogens with one attached hydrogen (secondary N) is 1. The summed E-state index contributed by atoms with van der Waals surface area (Å²) in [5.74, 6) is -0.0560. The number of nitrogen functional groups attached to an aromatic ring is 1. The fraction of sp³-hybridized carbons (Fsp3) is 0.312. The molecule has 9 heteroatoms. The molecule has 0 bridgehead atoms. The van der Waals surface area contributed by atoms with Gasteiger partial charge in [0.25, 0.3) is 5.69 Å². The normalized spacial score (nSPS) is 10.3. The molecule has 3 N–H and O–H groups in total. The summed E-state index contributed by atoms with van der Waals surface area (Å²) in [6.45, 7) is 1.88. The van der Waals surface area contributed by atoms with Crippen LogP contribution in [0.2, 0.25) is 0 Å². The first-order valence-corrected chi connectivity index (χ1v) is 7.58. The van der Waals surface area contributed by atoms with Crippen LogP contribution in [0, 0.1) is 21.4 Å². The highest BCUT2D eigenvalue weighted by molar-refractivity contribution is 5.95. The molecule has 0 saturated carbocycles. The zero-order chi connectivity index (χ0) is 18.6. The minimum absolute atomic E-state index is 0.112. The summed E-state index contributed by atoms with van der Waals surface area (Å²) >= 11 is 0. The van der Waals surface area contributed by atoms with E-state index in [2.05, 4.69) is 10.2 Å². The highest BCUT2D eigenvalue weighted by atomic mass is 16.6. The summed E-state index contributed by atoms with van der Waals surface area (Å²) < 4.78 is 0. The lowest BCUT2D eigenvalue weighted by molar-refractivity contribution is -0.384. The molecule has 25 heavy (non-hydrogen) atoms. The minimum Gasteiger partial charge on any atom is -0.381 e. The number of anilines is 2. The van der Waals surface area contributed by atoms with Crippen molar-refractivity contribution in [2.24, 2.45) is 0 Å². The first kappa shape index (κ1) is 17.9. The van der Waals surface area contributed by atoms with E-state index in [1.807, 2.05) is 6.07 Å². The number of H-pyrrole nitrogens is 1. The van der Waals surface area contributed by atoms with Crippen LogP contribution in [0.1, 0.15) is 35.0 Å². The number of aryl methyl sites for hydroxylation is 1. The molecule has 0 radical (unpaired) electrons. The number of rotatable bonds is 7. The number of benzene rings is 1. The number of nitriles is 1. The Labute approximate surface area is 144 Å². The fourth-order valence-electron chi connectivity index (χ4n) is 2.52. The maximum absolute atomic E-state index is 11.4. The Morgan fingerprint density at radius 2 is 2.24 bits per heavy atom. The molecule has 2 aromatic rings. The molecule has 0 aliphatic heterocycles. The molecular formula is C16H18N6O3. The van der Waals surface area contributed by atoms with Gasteiger partial charge in [-0.05, 0) is 31.9 Å². The number of carbonyl (C=O) groups excluding carboxylic acids is 1. The fourth-order valence-corrected chi connectivity index (χ4v) is 2.52. The van der Waals surface area contributed by atoms with E-state index >= 15 is 0 Å². The van der Waals surface area contributed by atoms with Crippen molar-refractivity contribution in [3.8, 4) is 6.07 Å². The van der Waals surface area contributed by atoms with Gasteiger partial charge in [0.15, 0.2) is 11.6 Å². The number of aromatic nitrogens is 2. The Hall–Kier alpha value is -3.41. The van der Waals surface area contributed by atoms with Gasteiger partial charge < -0.3 is 10.6 Å². The van der Waals surface area contributed by atoms with Gasteiger partial charge in [-0.15, -0.1) is 0 Å². The molecule has 1 aromatic carbocycles. The molecule has 0 fully saturated rings. The summed E-state index contributed by atoms with van der Waals surface area (Å²) in [5, 5.41) is 26.9. The molecule has 2 rings (SSSR count). The average molecular weight is 342 g/mol. The number of aromatic amines is 1. The second-order valence-electron chi connectivity index (χ2n) is 5.62. The van der Waals surface area contributed by atoms with E-state index in [1.54, 1.807) is 24.1 Å². The Balaban J connectivity index is 2.10. The van der Waals surface area contributed by atoms with Crippen LogP contribution in [-0.4, -0.2) is 34.5 Å². The van der Waals surface area contributed by atoms with Crippen LogP contribution in [0.15, 0.2) is 18.2 Å². The van der Waals surface area contributed by atoms with E-state index in [0.717, 1.165) is 0 Å². The summed E-state index contributed by atoms with van der Waals surface area (Å²) in [5.41, 5.74) is 7.19. The third-order valence-corrected chi connectivity index (χ3v) is 3.89. The van der Waals surface area contributed by atoms with Crippen molar-refractivity contribution >= 4 is 23.0 Å². The Bertz CT molecular complexity index is 852. The number of ketones is 1. The zero-order valence-corrected chi connectivity index (χ0v) is 13.9. The van der Waals surface area contributed by atoms with E-state index in [4.69, 9.17) is 11.0 Å². The zero-order valence-electron chi connectivity index (χ0n) is 13.9. The van der Waals surface area contributed by atoms with Crippen molar-refractivity contribution in [1.29, 1.82) is 5.26 Å². The molecule has 130 valence electrons. The number of Topliss-reactive ketones (excluding diaryl/α,β-unsaturated/α-hetero) is 1. The molecule has 0 aliphatic rings. The Kier molecular flexibility index (Phi) is 5.34. The number of hydrogen-bond acceptors (Lipinski definition) is 7. The van der Waals surface area contributed by atoms with Gasteiger partial charge in [-0.3, -0.25) is 20.0 Å². The van der Waals surface area contributed by atoms with Crippen LogP contribution in [0.4, 0.5) is 17.2 Å². The highest BCUT2D eigenvalue weighted by Crippen LogP contribution is 2.29. The Morgan fingerprint density at radius 3 is 2.84 bits per heavy atom. The van der Waals surface area contributed by atoms with Crippen molar-refractivity contribution in [2.45, 2.75) is 19.8 Å². The molecule has 0 amide bonds. The third kappa shape index (κ3) is 3.92. The number of nitro benzene ring substituents is 1. The van der Waals surface area contributed by atoms with Gasteiger partial charge in [0.1, 0.15) is 17.3 Å².